The fraction of sp³-hybridized carbons (Fsp3) is 0.0714. The van der Waals surface area contributed by atoms with Gasteiger partial charge in [0.2, 0.25) is 0 Å². The Kier molecular flexibility index (Phi) is 4.34. The van der Waals surface area contributed by atoms with Crippen molar-refractivity contribution < 1.29 is 19.5 Å². The van der Waals surface area contributed by atoms with E-state index in [2.05, 4.69) is 10.6 Å². The number of aromatic carboxylic acids is 1. The highest BCUT2D eigenvalue weighted by atomic mass is 32.1. The number of nitrogens with one attached hydrogen (secondary N) is 2. The molecule has 21 heavy (non-hydrogen) atoms. The number of hydrogen-bond donors (Lipinski definition) is 3. The molecule has 0 unspecified atom stereocenters. The minimum absolute atomic E-state index is 0.0348. The lowest BCUT2D eigenvalue weighted by Gasteiger charge is -2.07. The fourth-order valence-electron chi connectivity index (χ4n) is 1.66. The molecular formula is C14H12N2O4S. The van der Waals surface area contributed by atoms with E-state index in [1.54, 1.807) is 29.6 Å². The highest BCUT2D eigenvalue weighted by molar-refractivity contribution is 7.14. The summed E-state index contributed by atoms with van der Waals surface area (Å²) < 4.78 is 0. The average molecular weight is 304 g/mol. The van der Waals surface area contributed by atoms with Crippen molar-refractivity contribution in [1.82, 2.24) is 0 Å². The molecule has 0 aliphatic carbocycles. The molecule has 0 spiro atoms. The summed E-state index contributed by atoms with van der Waals surface area (Å²) in [6.45, 7) is 1.43. The van der Waals surface area contributed by atoms with Crippen molar-refractivity contribution in [3.63, 3.8) is 0 Å². The third-order valence-corrected chi connectivity index (χ3v) is 3.48. The van der Waals surface area contributed by atoms with E-state index >= 15 is 0 Å². The van der Waals surface area contributed by atoms with E-state index in [1.807, 2.05) is 0 Å². The van der Waals surface area contributed by atoms with Gasteiger partial charge < -0.3 is 10.4 Å². The smallest absolute Gasteiger partial charge is 0.338 e. The van der Waals surface area contributed by atoms with Crippen LogP contribution in [0.3, 0.4) is 0 Å². The molecule has 0 aliphatic rings. The first-order chi connectivity index (χ1) is 9.97. The van der Waals surface area contributed by atoms with Crippen LogP contribution < -0.4 is 10.6 Å². The van der Waals surface area contributed by atoms with Crippen molar-refractivity contribution in [1.29, 1.82) is 0 Å². The second kappa shape index (κ2) is 6.19. The van der Waals surface area contributed by atoms with Gasteiger partial charge in [0, 0.05) is 11.3 Å². The Morgan fingerprint density at radius 3 is 2.57 bits per heavy atom. The molecule has 0 bridgehead atoms. The van der Waals surface area contributed by atoms with Gasteiger partial charge in [-0.2, -0.15) is 0 Å². The van der Waals surface area contributed by atoms with Crippen LogP contribution in [0.4, 0.5) is 15.5 Å². The normalized spacial score (nSPS) is 9.95. The number of hydrogen-bond acceptors (Lipinski definition) is 4. The van der Waals surface area contributed by atoms with Gasteiger partial charge in [-0.25, -0.2) is 9.59 Å². The third kappa shape index (κ3) is 3.67. The van der Waals surface area contributed by atoms with Crippen LogP contribution >= 0.6 is 11.3 Å². The maximum Gasteiger partial charge on any atom is 0.338 e. The van der Waals surface area contributed by atoms with E-state index in [1.165, 1.54) is 13.0 Å². The zero-order valence-electron chi connectivity index (χ0n) is 11.0. The summed E-state index contributed by atoms with van der Waals surface area (Å²) in [6.07, 6.45) is 0. The van der Waals surface area contributed by atoms with Crippen LogP contribution in [0.2, 0.25) is 0 Å². The monoisotopic (exact) mass is 304 g/mol. The van der Waals surface area contributed by atoms with Crippen LogP contribution in [0.5, 0.6) is 0 Å². The molecular weight excluding hydrogens is 292 g/mol. The Labute approximate surface area is 124 Å². The Hall–Kier alpha value is -2.67. The molecule has 0 radical (unpaired) electrons. The number of carbonyl (C=O) groups is 3. The van der Waals surface area contributed by atoms with Gasteiger partial charge >= 0.3 is 12.0 Å². The molecule has 2 aromatic rings. The van der Waals surface area contributed by atoms with Crippen LogP contribution in [0.15, 0.2) is 35.7 Å². The Balaban J connectivity index is 2.08. The minimum atomic E-state index is -1.11. The molecule has 0 aliphatic heterocycles. The van der Waals surface area contributed by atoms with Crippen LogP contribution in [0.25, 0.3) is 0 Å². The first-order valence-electron chi connectivity index (χ1n) is 5.97. The molecule has 7 heteroatoms. The molecule has 0 saturated carbocycles. The summed E-state index contributed by atoms with van der Waals surface area (Å²) in [6, 6.07) is 7.33. The molecule has 0 saturated heterocycles. The molecule has 1 heterocycles. The van der Waals surface area contributed by atoms with E-state index in [4.69, 9.17) is 5.11 Å². The van der Waals surface area contributed by atoms with Crippen LogP contribution in [-0.4, -0.2) is 22.9 Å². The molecule has 108 valence electrons. The van der Waals surface area contributed by atoms with Crippen molar-refractivity contribution in [3.05, 3.63) is 46.8 Å². The lowest BCUT2D eigenvalue weighted by atomic mass is 10.1. The second-order valence-corrected chi connectivity index (χ2v) is 5.10. The number of carbonyl (C=O) groups excluding carboxylic acids is 2. The van der Waals surface area contributed by atoms with Gasteiger partial charge in [0.25, 0.3) is 0 Å². The maximum atomic E-state index is 11.8. The zero-order valence-corrected chi connectivity index (χ0v) is 11.9. The third-order valence-electron chi connectivity index (χ3n) is 2.65. The zero-order chi connectivity index (χ0) is 15.4. The second-order valence-electron chi connectivity index (χ2n) is 4.18. The van der Waals surface area contributed by atoms with E-state index in [9.17, 15) is 14.4 Å². The van der Waals surface area contributed by atoms with Gasteiger partial charge in [0.15, 0.2) is 5.78 Å². The van der Waals surface area contributed by atoms with Crippen LogP contribution in [-0.2, 0) is 0 Å². The topological polar surface area (TPSA) is 95.5 Å². The number of thiophene rings is 1. The summed E-state index contributed by atoms with van der Waals surface area (Å²) in [5.74, 6) is -1.21. The van der Waals surface area contributed by atoms with Crippen molar-refractivity contribution in [2.45, 2.75) is 6.92 Å². The predicted octanol–water partition coefficient (Wildman–Crippen LogP) is 3.29. The lowest BCUT2D eigenvalue weighted by Crippen LogP contribution is -2.20. The largest absolute Gasteiger partial charge is 0.478 e. The Morgan fingerprint density at radius 1 is 1.14 bits per heavy atom. The van der Waals surface area contributed by atoms with Gasteiger partial charge in [-0.15, -0.1) is 11.3 Å². The predicted molar refractivity (Wildman–Crippen MR) is 80.4 cm³/mol. The standard InChI is InChI=1S/C14H12N2O4S/c1-8(17)9-3-2-4-10(7-9)15-14(20)16-12-11(13(18)19)5-6-21-12/h2-7H,1H3,(H,18,19)(H2,15,16,20). The average Bonchev–Trinajstić information content (AvgIpc) is 2.87. The number of benzene rings is 1. The van der Waals surface area contributed by atoms with Gasteiger partial charge in [-0.3, -0.25) is 10.1 Å². The minimum Gasteiger partial charge on any atom is -0.478 e. The van der Waals surface area contributed by atoms with Crippen molar-refractivity contribution in [2.24, 2.45) is 0 Å². The van der Waals surface area contributed by atoms with E-state index in [0.717, 1.165) is 11.3 Å². The van der Waals surface area contributed by atoms with Crippen molar-refractivity contribution in [2.75, 3.05) is 10.6 Å². The maximum absolute atomic E-state index is 11.8. The molecule has 1 aromatic heterocycles. The van der Waals surface area contributed by atoms with Crippen LogP contribution in [0.1, 0.15) is 27.6 Å². The number of amides is 2. The molecule has 0 fully saturated rings. The Bertz CT molecular complexity index is 709. The first-order valence-corrected chi connectivity index (χ1v) is 6.85. The number of anilines is 2. The highest BCUT2D eigenvalue weighted by Crippen LogP contribution is 2.23. The van der Waals surface area contributed by atoms with E-state index in [-0.39, 0.29) is 16.3 Å². The molecule has 3 N–H and O–H groups in total. The van der Waals surface area contributed by atoms with Crippen LogP contribution in [0, 0.1) is 0 Å². The lowest BCUT2D eigenvalue weighted by molar-refractivity contribution is 0.0698. The van der Waals surface area contributed by atoms with Gasteiger partial charge in [0.05, 0.1) is 5.56 Å². The van der Waals surface area contributed by atoms with Crippen molar-refractivity contribution >= 4 is 39.8 Å². The molecule has 6 nitrogen and oxygen atoms in total. The summed E-state index contributed by atoms with van der Waals surface area (Å²) >= 11 is 1.12. The molecule has 0 atom stereocenters. The van der Waals surface area contributed by atoms with Gasteiger partial charge in [0.1, 0.15) is 5.00 Å². The number of carboxylic acids is 1. The molecule has 1 aromatic carbocycles. The Morgan fingerprint density at radius 2 is 1.90 bits per heavy atom. The molecule has 2 rings (SSSR count). The first kappa shape index (κ1) is 14.7. The number of ketones is 1. The number of urea groups is 1. The highest BCUT2D eigenvalue weighted by Gasteiger charge is 2.14. The summed E-state index contributed by atoms with van der Waals surface area (Å²) in [5, 5.41) is 15.8. The van der Waals surface area contributed by atoms with Crippen molar-refractivity contribution in [3.8, 4) is 0 Å². The van der Waals surface area contributed by atoms with Gasteiger partial charge in [-0.05, 0) is 30.5 Å². The van der Waals surface area contributed by atoms with Gasteiger partial charge in [-0.1, -0.05) is 12.1 Å². The quantitative estimate of drug-likeness (QED) is 0.755. The summed E-state index contributed by atoms with van der Waals surface area (Å²) in [4.78, 5) is 34.0. The van der Waals surface area contributed by atoms with E-state index in [0.29, 0.717) is 11.3 Å². The SMILES string of the molecule is CC(=O)c1cccc(NC(=O)Nc2sccc2C(=O)O)c1. The number of Topliss-reactive ketones (excluding diaryl/α,β-unsaturated/α-hetero) is 1. The molecule has 2 amide bonds. The summed E-state index contributed by atoms with van der Waals surface area (Å²) in [7, 11) is 0. The summed E-state index contributed by atoms with van der Waals surface area (Å²) in [5.41, 5.74) is 0.969. The number of carboxylic acid groups (broad SMARTS) is 1. The number of rotatable bonds is 4. The van der Waals surface area contributed by atoms with E-state index < -0.39 is 12.0 Å². The fourth-order valence-corrected chi connectivity index (χ4v) is 2.43.